The van der Waals surface area contributed by atoms with Gasteiger partial charge in [-0.15, -0.1) is 21.5 Å². The van der Waals surface area contributed by atoms with Crippen LogP contribution >= 0.6 is 22.9 Å². The zero-order valence-electron chi connectivity index (χ0n) is 34.2. The van der Waals surface area contributed by atoms with Crippen LogP contribution in [0.15, 0.2) is 47.5 Å². The highest BCUT2D eigenvalue weighted by atomic mass is 35.5. The first-order valence-electron chi connectivity index (χ1n) is 20.1. The Hall–Kier alpha value is -5.37. The third-order valence-electron chi connectivity index (χ3n) is 10.6. The number of amides is 5. The van der Waals surface area contributed by atoms with Crippen molar-refractivity contribution in [2.75, 3.05) is 64.6 Å². The fourth-order valence-electron chi connectivity index (χ4n) is 7.43. The number of aryl methyl sites for hydroxylation is 2. The summed E-state index contributed by atoms with van der Waals surface area (Å²) in [4.78, 5) is 70.6. The number of hydrogen-bond donors (Lipinski definition) is 4. The Bertz CT molecular complexity index is 2330. The van der Waals surface area contributed by atoms with Crippen LogP contribution in [0.5, 0.6) is 0 Å². The number of carbonyl (C=O) groups excluding carboxylic acids is 5. The van der Waals surface area contributed by atoms with Gasteiger partial charge in [-0.3, -0.25) is 38.8 Å². The highest BCUT2D eigenvalue weighted by Crippen LogP contribution is 2.40. The number of aromatic nitrogens is 3. The quantitative estimate of drug-likeness (QED) is 0.0794. The SMILES string of the molecule is Cc1sc2c(c1C)C(c1ccc(Cl)cc1)=N[C@@H](CC(=O)NCCOCCOCCOCCNCC(=O)Nc1cccc3c1CN(C1CCC(=O)NC1=O)C3=O)c1nnc(C)n1-2. The van der Waals surface area contributed by atoms with E-state index in [4.69, 9.17) is 30.8 Å². The van der Waals surface area contributed by atoms with Crippen molar-refractivity contribution in [3.8, 4) is 5.00 Å². The van der Waals surface area contributed by atoms with Gasteiger partial charge in [-0.1, -0.05) is 29.8 Å². The zero-order valence-corrected chi connectivity index (χ0v) is 35.7. The molecule has 4 N–H and O–H groups in total. The van der Waals surface area contributed by atoms with Gasteiger partial charge in [0.2, 0.25) is 23.6 Å². The average Bonchev–Trinajstić information content (AvgIpc) is 3.85. The molecule has 7 rings (SSSR count). The van der Waals surface area contributed by atoms with Gasteiger partial charge < -0.3 is 35.1 Å². The lowest BCUT2D eigenvalue weighted by atomic mass is 9.99. The Morgan fingerprint density at radius 2 is 1.64 bits per heavy atom. The number of fused-ring (bicyclic) bond motifs is 4. The summed E-state index contributed by atoms with van der Waals surface area (Å²) in [5.74, 6) is -0.265. The highest BCUT2D eigenvalue weighted by Gasteiger charge is 2.40. The van der Waals surface area contributed by atoms with Gasteiger partial charge in [-0.25, -0.2) is 0 Å². The minimum absolute atomic E-state index is 0.0319. The van der Waals surface area contributed by atoms with Crippen molar-refractivity contribution in [2.24, 2.45) is 4.99 Å². The third-order valence-corrected chi connectivity index (χ3v) is 12.1. The molecule has 1 fully saturated rings. The van der Waals surface area contributed by atoms with Crippen LogP contribution in [0.25, 0.3) is 5.00 Å². The van der Waals surface area contributed by atoms with E-state index in [2.05, 4.69) is 45.3 Å². The smallest absolute Gasteiger partial charge is 0.255 e. The summed E-state index contributed by atoms with van der Waals surface area (Å²) < 4.78 is 18.8. The molecular weight excluding hydrogens is 826 g/mol. The summed E-state index contributed by atoms with van der Waals surface area (Å²) in [6, 6.07) is 11.3. The summed E-state index contributed by atoms with van der Waals surface area (Å²) in [5.41, 5.74) is 5.39. The molecule has 3 aliphatic heterocycles. The predicted octanol–water partition coefficient (Wildman–Crippen LogP) is 3.34. The molecule has 3 aliphatic rings. The van der Waals surface area contributed by atoms with Crippen molar-refractivity contribution in [3.05, 3.63) is 91.8 Å². The van der Waals surface area contributed by atoms with Gasteiger partial charge in [0.25, 0.3) is 5.91 Å². The van der Waals surface area contributed by atoms with E-state index in [9.17, 15) is 24.0 Å². The number of piperidine rings is 1. The summed E-state index contributed by atoms with van der Waals surface area (Å²) in [6.45, 7) is 9.14. The first-order valence-corrected chi connectivity index (χ1v) is 21.3. The second-order valence-electron chi connectivity index (χ2n) is 14.8. The van der Waals surface area contributed by atoms with Gasteiger partial charge in [0.15, 0.2) is 5.82 Å². The molecule has 17 nitrogen and oxygen atoms in total. The van der Waals surface area contributed by atoms with Gasteiger partial charge in [0.05, 0.1) is 58.3 Å². The molecule has 0 aliphatic carbocycles. The minimum atomic E-state index is -0.731. The molecule has 2 aromatic heterocycles. The number of nitrogens with zero attached hydrogens (tertiary/aromatic N) is 5. The van der Waals surface area contributed by atoms with Crippen molar-refractivity contribution in [2.45, 2.75) is 58.7 Å². The van der Waals surface area contributed by atoms with Crippen LogP contribution in [0.4, 0.5) is 5.69 Å². The third kappa shape index (κ3) is 10.2. The molecule has 61 heavy (non-hydrogen) atoms. The summed E-state index contributed by atoms with van der Waals surface area (Å²) in [6.07, 6.45) is 0.514. The van der Waals surface area contributed by atoms with Gasteiger partial charge in [0.1, 0.15) is 22.9 Å². The minimum Gasteiger partial charge on any atom is -0.378 e. The number of thiophene rings is 1. The van der Waals surface area contributed by atoms with E-state index in [1.807, 2.05) is 35.8 Å². The van der Waals surface area contributed by atoms with Crippen LogP contribution in [0.3, 0.4) is 0 Å². The standard InChI is InChI=1S/C42H48ClN9O8S/c1-24-25(2)61-42-37(24)38(27-7-9-28(43)10-8-27)47-32(39-50-49-26(3)52(39)42)21-35(54)45-14-16-59-18-20-60-19-17-58-15-13-44-22-36(55)46-31-6-4-5-29-30(31)23-51(41(29)57)33-11-12-34(53)48-40(33)56/h4-10,32-33,44H,11-23H2,1-3H3,(H,45,54)(H,46,55)(H,48,53,56)/t32-,33?/m0/s1. The predicted molar refractivity (Wildman–Crippen MR) is 227 cm³/mol. The second-order valence-corrected chi connectivity index (χ2v) is 16.4. The Morgan fingerprint density at radius 3 is 2.38 bits per heavy atom. The molecule has 5 heterocycles. The van der Waals surface area contributed by atoms with E-state index >= 15 is 0 Å². The largest absolute Gasteiger partial charge is 0.378 e. The van der Waals surface area contributed by atoms with Crippen LogP contribution in [0.1, 0.15) is 74.4 Å². The van der Waals surface area contributed by atoms with E-state index in [1.54, 1.807) is 29.5 Å². The van der Waals surface area contributed by atoms with Gasteiger partial charge in [-0.2, -0.15) is 0 Å². The number of rotatable bonds is 19. The van der Waals surface area contributed by atoms with Crippen LogP contribution in [0, 0.1) is 20.8 Å². The number of imide groups is 1. The highest BCUT2D eigenvalue weighted by molar-refractivity contribution is 7.15. The number of anilines is 1. The number of carbonyl (C=O) groups is 5. The van der Waals surface area contributed by atoms with Crippen LogP contribution in [0.2, 0.25) is 5.02 Å². The van der Waals surface area contributed by atoms with Crippen molar-refractivity contribution in [1.29, 1.82) is 0 Å². The van der Waals surface area contributed by atoms with Gasteiger partial charge in [-0.05, 0) is 57.0 Å². The summed E-state index contributed by atoms with van der Waals surface area (Å²) in [5, 5.41) is 21.5. The molecule has 0 spiro atoms. The van der Waals surface area contributed by atoms with E-state index in [1.165, 1.54) is 9.78 Å². The summed E-state index contributed by atoms with van der Waals surface area (Å²) in [7, 11) is 0. The molecule has 1 unspecified atom stereocenters. The normalized spacial score (nSPS) is 17.0. The lowest BCUT2D eigenvalue weighted by Gasteiger charge is -2.29. The molecule has 5 amide bonds. The fourth-order valence-corrected chi connectivity index (χ4v) is 8.77. The van der Waals surface area contributed by atoms with Crippen LogP contribution in [-0.4, -0.2) is 120 Å². The molecule has 1 saturated heterocycles. The lowest BCUT2D eigenvalue weighted by Crippen LogP contribution is -2.52. The lowest BCUT2D eigenvalue weighted by molar-refractivity contribution is -0.137. The maximum absolute atomic E-state index is 13.2. The molecule has 2 aromatic carbocycles. The molecule has 4 aromatic rings. The number of hydrogen-bond acceptors (Lipinski definition) is 13. The van der Waals surface area contributed by atoms with Crippen LogP contribution in [-0.2, 0) is 39.9 Å². The number of ether oxygens (including phenoxy) is 3. The van der Waals surface area contributed by atoms with Crippen LogP contribution < -0.4 is 21.3 Å². The fraction of sp³-hybridized carbons (Fsp3) is 0.429. The van der Waals surface area contributed by atoms with Crippen molar-refractivity contribution in [3.63, 3.8) is 0 Å². The second kappa shape index (κ2) is 20.0. The van der Waals surface area contributed by atoms with E-state index in [0.29, 0.717) is 80.4 Å². The molecule has 0 saturated carbocycles. The topological polar surface area (TPSA) is 207 Å². The number of halogens is 1. The molecule has 0 radical (unpaired) electrons. The molecule has 0 bridgehead atoms. The molecule has 2 atom stereocenters. The Labute approximate surface area is 361 Å². The first kappa shape index (κ1) is 43.7. The number of aliphatic imine (C=N–C) groups is 1. The Kier molecular flexibility index (Phi) is 14.3. The maximum Gasteiger partial charge on any atom is 0.255 e. The zero-order chi connectivity index (χ0) is 43.0. The van der Waals surface area contributed by atoms with Gasteiger partial charge >= 0.3 is 0 Å². The van der Waals surface area contributed by atoms with Crippen molar-refractivity contribution < 1.29 is 38.2 Å². The number of benzene rings is 2. The monoisotopic (exact) mass is 873 g/mol. The first-order chi connectivity index (χ1) is 29.5. The van der Waals surface area contributed by atoms with E-state index < -0.39 is 18.0 Å². The molecule has 322 valence electrons. The average molecular weight is 874 g/mol. The Morgan fingerprint density at radius 1 is 0.918 bits per heavy atom. The van der Waals surface area contributed by atoms with Crippen molar-refractivity contribution in [1.82, 2.24) is 35.6 Å². The summed E-state index contributed by atoms with van der Waals surface area (Å²) >= 11 is 7.87. The molecular formula is C42H48ClN9O8S. The van der Waals surface area contributed by atoms with E-state index in [-0.39, 0.29) is 56.0 Å². The maximum atomic E-state index is 13.2. The Balaban J connectivity index is 0.752. The van der Waals surface area contributed by atoms with E-state index in [0.717, 1.165) is 33.2 Å². The van der Waals surface area contributed by atoms with Gasteiger partial charge in [0, 0.05) is 63.9 Å². The molecule has 19 heteroatoms. The van der Waals surface area contributed by atoms with Crippen molar-refractivity contribution >= 4 is 63.9 Å². The number of nitrogens with one attached hydrogen (secondary N) is 4.